The molecular formula is C30H40FN5O6S. The highest BCUT2D eigenvalue weighted by atomic mass is 32.2. The van der Waals surface area contributed by atoms with Crippen LogP contribution in [0.15, 0.2) is 53.4 Å². The third-order valence-electron chi connectivity index (χ3n) is 7.99. The smallest absolute Gasteiger partial charge is 0.409 e. The van der Waals surface area contributed by atoms with Crippen molar-refractivity contribution in [2.75, 3.05) is 26.7 Å². The Bertz CT molecular complexity index is 1420. The van der Waals surface area contributed by atoms with Crippen LogP contribution in [-0.4, -0.2) is 80.5 Å². The van der Waals surface area contributed by atoms with Crippen LogP contribution >= 0.6 is 0 Å². The van der Waals surface area contributed by atoms with Gasteiger partial charge in [-0.15, -0.1) is 0 Å². The highest BCUT2D eigenvalue weighted by Gasteiger charge is 2.42. The Morgan fingerprint density at radius 3 is 2.40 bits per heavy atom. The van der Waals surface area contributed by atoms with Crippen LogP contribution in [0.4, 0.5) is 9.18 Å². The van der Waals surface area contributed by atoms with Gasteiger partial charge >= 0.3 is 6.09 Å². The van der Waals surface area contributed by atoms with Crippen LogP contribution in [0, 0.1) is 11.7 Å². The Labute approximate surface area is 252 Å². The number of hydrogen-bond donors (Lipinski definition) is 3. The number of carbonyl (C=O) groups is 3. The van der Waals surface area contributed by atoms with Crippen molar-refractivity contribution in [2.24, 2.45) is 5.92 Å². The molecule has 0 bridgehead atoms. The monoisotopic (exact) mass is 617 g/mol. The van der Waals surface area contributed by atoms with E-state index in [9.17, 15) is 27.2 Å². The lowest BCUT2D eigenvalue weighted by Gasteiger charge is -2.42. The van der Waals surface area contributed by atoms with Gasteiger partial charge < -0.3 is 25.6 Å². The van der Waals surface area contributed by atoms with E-state index in [0.717, 1.165) is 40.4 Å². The summed E-state index contributed by atoms with van der Waals surface area (Å²) < 4.78 is 47.3. The van der Waals surface area contributed by atoms with Gasteiger partial charge in [-0.05, 0) is 74.5 Å². The Kier molecular flexibility index (Phi) is 10.4. The molecule has 2 aromatic rings. The Morgan fingerprint density at radius 1 is 1.02 bits per heavy atom. The molecule has 2 aromatic carbocycles. The number of rotatable bonds is 9. The molecular weight excluding hydrogens is 577 g/mol. The first-order valence-electron chi connectivity index (χ1n) is 14.5. The number of sulfonamides is 1. The van der Waals surface area contributed by atoms with E-state index in [1.165, 1.54) is 17.0 Å². The van der Waals surface area contributed by atoms with Gasteiger partial charge in [-0.25, -0.2) is 17.6 Å². The molecule has 13 heteroatoms. The van der Waals surface area contributed by atoms with Crippen LogP contribution in [0.1, 0.15) is 50.8 Å². The lowest BCUT2D eigenvalue weighted by molar-refractivity contribution is -0.150. The molecule has 1 fully saturated rings. The van der Waals surface area contributed by atoms with Crippen LogP contribution in [0.2, 0.25) is 0 Å². The first kappa shape index (κ1) is 32.4. The van der Waals surface area contributed by atoms with Crippen molar-refractivity contribution in [2.45, 2.75) is 69.3 Å². The van der Waals surface area contributed by atoms with E-state index in [-0.39, 0.29) is 42.4 Å². The Morgan fingerprint density at radius 2 is 1.72 bits per heavy atom. The summed E-state index contributed by atoms with van der Waals surface area (Å²) >= 11 is 0. The number of likely N-dealkylation sites (N-methyl/N-ethyl adjacent to an activating group) is 1. The Balaban J connectivity index is 1.58. The molecule has 0 aromatic heterocycles. The standard InChI is InChI=1S/C30H40FN5O6S/c1-19(2)27(34-28(37)20(3)32-4)29(38)36-17-16-35(43(40,41)23-14-12-22(31)13-15-23)18-26(36)42-30(39)33-25-11-7-9-21-8-5-6-10-24(21)25/h5-6,8,10,12-15,19-20,25-27,32H,7,9,11,16-18H2,1-4H3,(H,33,39)(H,34,37)/t20-,25?,26-,27-/m0/s1. The molecule has 4 rings (SSSR count). The van der Waals surface area contributed by atoms with Gasteiger partial charge in [-0.3, -0.25) is 9.59 Å². The zero-order valence-electron chi connectivity index (χ0n) is 24.9. The van der Waals surface area contributed by atoms with Gasteiger partial charge in [-0.1, -0.05) is 38.1 Å². The number of halogens is 1. The van der Waals surface area contributed by atoms with Gasteiger partial charge in [0.1, 0.15) is 11.9 Å². The van der Waals surface area contributed by atoms with Crippen molar-refractivity contribution in [3.05, 3.63) is 65.5 Å². The van der Waals surface area contributed by atoms with Crippen LogP contribution in [0.25, 0.3) is 0 Å². The van der Waals surface area contributed by atoms with E-state index in [4.69, 9.17) is 4.74 Å². The largest absolute Gasteiger partial charge is 0.424 e. The summed E-state index contributed by atoms with van der Waals surface area (Å²) in [4.78, 5) is 41.0. The number of ether oxygens (including phenoxy) is 1. The first-order chi connectivity index (χ1) is 20.4. The molecule has 3 N–H and O–H groups in total. The van der Waals surface area contributed by atoms with Gasteiger partial charge in [0.25, 0.3) is 0 Å². The fraction of sp³-hybridized carbons (Fsp3) is 0.500. The van der Waals surface area contributed by atoms with Crippen LogP contribution in [0.3, 0.4) is 0 Å². The SMILES string of the molecule is CN[C@@H](C)C(=O)N[C@H](C(=O)N1CCN(S(=O)(=O)c2ccc(F)cc2)C[C@@H]1OC(=O)NC1CCCc2ccccc21)C(C)C. The third-order valence-corrected chi connectivity index (χ3v) is 9.87. The molecule has 4 atom stereocenters. The minimum Gasteiger partial charge on any atom is -0.424 e. The Hall–Kier alpha value is -3.55. The summed E-state index contributed by atoms with van der Waals surface area (Å²) in [6, 6.07) is 10.5. The van der Waals surface area contributed by atoms with Gasteiger partial charge in [0.2, 0.25) is 21.8 Å². The molecule has 1 heterocycles. The molecule has 3 amide bonds. The normalized spacial score (nSPS) is 20.6. The third kappa shape index (κ3) is 7.51. The van der Waals surface area contributed by atoms with Gasteiger partial charge in [0, 0.05) is 13.1 Å². The minimum absolute atomic E-state index is 0.0887. The molecule has 1 unspecified atom stereocenters. The van der Waals surface area contributed by atoms with Crippen LogP contribution < -0.4 is 16.0 Å². The maximum Gasteiger partial charge on any atom is 0.409 e. The molecule has 43 heavy (non-hydrogen) atoms. The summed E-state index contributed by atoms with van der Waals surface area (Å²) in [5.74, 6) is -1.76. The predicted octanol–water partition coefficient (Wildman–Crippen LogP) is 2.54. The molecule has 0 saturated carbocycles. The molecule has 1 saturated heterocycles. The van der Waals surface area contributed by atoms with Crippen molar-refractivity contribution < 1.29 is 31.9 Å². The summed E-state index contributed by atoms with van der Waals surface area (Å²) in [6.07, 6.45) is 0.407. The number of nitrogens with one attached hydrogen (secondary N) is 3. The maximum absolute atomic E-state index is 13.9. The van der Waals surface area contributed by atoms with Gasteiger partial charge in [-0.2, -0.15) is 4.31 Å². The second kappa shape index (κ2) is 13.8. The van der Waals surface area contributed by atoms with E-state index in [2.05, 4.69) is 16.0 Å². The number of nitrogens with zero attached hydrogens (tertiary/aromatic N) is 2. The summed E-state index contributed by atoms with van der Waals surface area (Å²) in [5.41, 5.74) is 2.13. The number of alkyl carbamates (subject to hydrolysis) is 1. The molecule has 0 spiro atoms. The zero-order valence-corrected chi connectivity index (χ0v) is 25.7. The number of benzene rings is 2. The van der Waals surface area contributed by atoms with Gasteiger partial charge in [0.15, 0.2) is 6.23 Å². The van der Waals surface area contributed by atoms with Crippen molar-refractivity contribution in [3.63, 3.8) is 0 Å². The van der Waals surface area contributed by atoms with E-state index in [1.807, 2.05) is 24.3 Å². The quantitative estimate of drug-likeness (QED) is 0.393. The lowest BCUT2D eigenvalue weighted by atomic mass is 9.88. The number of fused-ring (bicyclic) bond motifs is 1. The number of carbonyl (C=O) groups excluding carboxylic acids is 3. The van der Waals surface area contributed by atoms with E-state index < -0.39 is 46.2 Å². The summed E-state index contributed by atoms with van der Waals surface area (Å²) in [5, 5.41) is 8.50. The maximum atomic E-state index is 13.9. The second-order valence-corrected chi connectivity index (χ2v) is 13.2. The van der Waals surface area contributed by atoms with Crippen LogP contribution in [0.5, 0.6) is 0 Å². The van der Waals surface area contributed by atoms with E-state index >= 15 is 0 Å². The minimum atomic E-state index is -4.10. The predicted molar refractivity (Wildman–Crippen MR) is 158 cm³/mol. The topological polar surface area (TPSA) is 137 Å². The average molecular weight is 618 g/mol. The fourth-order valence-corrected chi connectivity index (χ4v) is 6.78. The average Bonchev–Trinajstić information content (AvgIpc) is 2.99. The first-order valence-corrected chi connectivity index (χ1v) is 15.9. The zero-order chi connectivity index (χ0) is 31.3. The van der Waals surface area contributed by atoms with Crippen molar-refractivity contribution in [3.8, 4) is 0 Å². The van der Waals surface area contributed by atoms with E-state index in [0.29, 0.717) is 6.42 Å². The van der Waals surface area contributed by atoms with Gasteiger partial charge in [0.05, 0.1) is 23.5 Å². The molecule has 234 valence electrons. The number of amides is 3. The molecule has 2 aliphatic rings. The summed E-state index contributed by atoms with van der Waals surface area (Å²) in [7, 11) is -2.47. The van der Waals surface area contributed by atoms with Crippen molar-refractivity contribution in [1.29, 1.82) is 0 Å². The van der Waals surface area contributed by atoms with E-state index in [1.54, 1.807) is 27.8 Å². The summed E-state index contributed by atoms with van der Waals surface area (Å²) in [6.45, 7) is 4.71. The van der Waals surface area contributed by atoms with Crippen molar-refractivity contribution >= 4 is 27.9 Å². The second-order valence-electron chi connectivity index (χ2n) is 11.2. The number of hydrogen-bond acceptors (Lipinski definition) is 7. The molecule has 11 nitrogen and oxygen atoms in total. The molecule has 1 aliphatic carbocycles. The number of piperazine rings is 1. The fourth-order valence-electron chi connectivity index (χ4n) is 5.36. The lowest BCUT2D eigenvalue weighted by Crippen LogP contribution is -2.63. The highest BCUT2D eigenvalue weighted by Crippen LogP contribution is 2.30. The highest BCUT2D eigenvalue weighted by molar-refractivity contribution is 7.89. The molecule has 1 aliphatic heterocycles. The van der Waals surface area contributed by atoms with Crippen LogP contribution in [-0.2, 0) is 30.8 Å². The van der Waals surface area contributed by atoms with Crippen molar-refractivity contribution in [1.82, 2.24) is 25.2 Å². The number of aryl methyl sites for hydroxylation is 1. The molecule has 0 radical (unpaired) electrons.